The Kier molecular flexibility index (Phi) is 35.9. The molecule has 0 aliphatic rings. The molecule has 0 saturated carbocycles. The van der Waals surface area contributed by atoms with Crippen LogP contribution in [-0.4, -0.2) is 57.9 Å². The van der Waals surface area contributed by atoms with Crippen LogP contribution >= 0.6 is 0 Å². The number of rotatable bonds is 36. The Morgan fingerprint density at radius 1 is 0.500 bits per heavy atom. The summed E-state index contributed by atoms with van der Waals surface area (Å²) in [6.45, 7) is 11.9. The van der Waals surface area contributed by atoms with Gasteiger partial charge in [-0.1, -0.05) is 155 Å². The molecule has 0 aliphatic carbocycles. The maximum Gasteiger partial charge on any atom is 0.407 e. The number of carbonyl (C=O) groups excluding carboxylic acids is 1. The van der Waals surface area contributed by atoms with Gasteiger partial charge in [0.2, 0.25) is 0 Å². The minimum Gasteiger partial charge on any atom is -0.447 e. The van der Waals surface area contributed by atoms with Gasteiger partial charge in [0.25, 0.3) is 0 Å². The lowest BCUT2D eigenvalue weighted by Gasteiger charge is -2.18. The smallest absolute Gasteiger partial charge is 0.407 e. The van der Waals surface area contributed by atoms with Crippen molar-refractivity contribution in [2.24, 2.45) is 0 Å². The molecule has 1 unspecified atom stereocenters. The predicted octanol–water partition coefficient (Wildman–Crippen LogP) is 11.3. The van der Waals surface area contributed by atoms with Crippen molar-refractivity contribution in [2.75, 3.05) is 39.6 Å². The van der Waals surface area contributed by atoms with E-state index in [2.05, 4.69) is 19.2 Å². The highest BCUT2D eigenvalue weighted by Crippen LogP contribution is 2.13. The van der Waals surface area contributed by atoms with E-state index in [1.54, 1.807) is 0 Å². The van der Waals surface area contributed by atoms with Crippen molar-refractivity contribution in [1.82, 2.24) is 5.32 Å². The van der Waals surface area contributed by atoms with Crippen LogP contribution in [0.3, 0.4) is 0 Å². The van der Waals surface area contributed by atoms with Crippen LogP contribution in [0.5, 0.6) is 0 Å². The molecule has 0 radical (unpaired) electrons. The van der Waals surface area contributed by atoms with Crippen LogP contribution in [0, 0.1) is 0 Å². The number of nitrogens with one attached hydrogen (secondary N) is 1. The zero-order valence-electron chi connectivity index (χ0n) is 30.1. The second-order valence-electron chi connectivity index (χ2n) is 13.1. The lowest BCUT2D eigenvalue weighted by molar-refractivity contribution is -0.0468. The minimum atomic E-state index is -0.394. The maximum absolute atomic E-state index is 12.2. The molecule has 1 amide bonds. The molecule has 44 heavy (non-hydrogen) atoms. The Bertz CT molecular complexity index is 559. The highest BCUT2D eigenvalue weighted by atomic mass is 16.6. The van der Waals surface area contributed by atoms with Gasteiger partial charge >= 0.3 is 6.09 Å². The summed E-state index contributed by atoms with van der Waals surface area (Å²) in [6, 6.07) is 0. The van der Waals surface area contributed by atoms with Gasteiger partial charge in [-0.3, -0.25) is 0 Å². The van der Waals surface area contributed by atoms with Gasteiger partial charge in [-0.05, 0) is 33.1 Å². The molecule has 0 aromatic rings. The quantitative estimate of drug-likeness (QED) is 0.0700. The summed E-state index contributed by atoms with van der Waals surface area (Å²) in [7, 11) is 0. The molecule has 1 N–H and O–H groups in total. The first-order valence-electron chi connectivity index (χ1n) is 19.3. The number of unbranched alkanes of at least 4 members (excludes halogenated alkanes) is 22. The molecular weight excluding hydrogens is 550 g/mol. The van der Waals surface area contributed by atoms with E-state index in [1.165, 1.54) is 141 Å². The molecule has 6 heteroatoms. The standard InChI is InChI=1S/C38H77NO5/c1-5-7-9-11-13-15-17-19-21-23-25-27-31-41-34-37(35-44-38(40)39-30-29-33-42-36(3)4)43-32-28-26-24-22-20-18-16-14-12-10-8-6-2/h36-37H,5-35H2,1-4H3,(H,39,40). The Hall–Kier alpha value is -0.850. The zero-order valence-corrected chi connectivity index (χ0v) is 30.1. The molecule has 0 rings (SSSR count). The summed E-state index contributed by atoms with van der Waals surface area (Å²) in [5.74, 6) is 0. The maximum atomic E-state index is 12.2. The number of hydrogen-bond donors (Lipinski definition) is 1. The van der Waals surface area contributed by atoms with Crippen molar-refractivity contribution in [3.8, 4) is 0 Å². The van der Waals surface area contributed by atoms with Gasteiger partial charge in [-0.25, -0.2) is 4.79 Å². The van der Waals surface area contributed by atoms with Crippen molar-refractivity contribution >= 4 is 6.09 Å². The van der Waals surface area contributed by atoms with E-state index >= 15 is 0 Å². The second kappa shape index (κ2) is 36.6. The zero-order chi connectivity index (χ0) is 32.2. The van der Waals surface area contributed by atoms with Gasteiger partial charge in [-0.15, -0.1) is 0 Å². The summed E-state index contributed by atoms with van der Waals surface area (Å²) in [5, 5.41) is 2.81. The molecule has 0 fully saturated rings. The minimum absolute atomic E-state index is 0.208. The summed E-state index contributed by atoms with van der Waals surface area (Å²) in [4.78, 5) is 12.2. The van der Waals surface area contributed by atoms with Crippen LogP contribution in [0.15, 0.2) is 0 Å². The summed E-state index contributed by atoms with van der Waals surface area (Å²) in [6.07, 6.45) is 32.4. The summed E-state index contributed by atoms with van der Waals surface area (Å²) >= 11 is 0. The topological polar surface area (TPSA) is 66.0 Å². The number of alkyl carbamates (subject to hydrolysis) is 1. The second-order valence-corrected chi connectivity index (χ2v) is 13.1. The van der Waals surface area contributed by atoms with E-state index in [-0.39, 0.29) is 18.8 Å². The lowest BCUT2D eigenvalue weighted by Crippen LogP contribution is -2.32. The van der Waals surface area contributed by atoms with E-state index in [1.807, 2.05) is 13.8 Å². The number of carbonyl (C=O) groups is 1. The van der Waals surface area contributed by atoms with Gasteiger partial charge in [0.1, 0.15) is 12.7 Å². The van der Waals surface area contributed by atoms with Crippen LogP contribution in [-0.2, 0) is 18.9 Å². The Balaban J connectivity index is 4.00. The molecular formula is C38H77NO5. The molecule has 0 bridgehead atoms. The van der Waals surface area contributed by atoms with Crippen LogP contribution in [0.4, 0.5) is 4.79 Å². The van der Waals surface area contributed by atoms with Crippen LogP contribution in [0.25, 0.3) is 0 Å². The lowest BCUT2D eigenvalue weighted by atomic mass is 10.1. The first kappa shape index (κ1) is 43.1. The molecule has 0 aromatic carbocycles. The van der Waals surface area contributed by atoms with E-state index in [0.29, 0.717) is 26.4 Å². The highest BCUT2D eigenvalue weighted by molar-refractivity contribution is 5.67. The van der Waals surface area contributed by atoms with E-state index in [9.17, 15) is 4.79 Å². The van der Waals surface area contributed by atoms with Crippen molar-refractivity contribution < 1.29 is 23.7 Å². The Labute approximate surface area is 274 Å². The van der Waals surface area contributed by atoms with Crippen molar-refractivity contribution in [3.05, 3.63) is 0 Å². The molecule has 0 aromatic heterocycles. The fourth-order valence-corrected chi connectivity index (χ4v) is 5.40. The van der Waals surface area contributed by atoms with Gasteiger partial charge in [0, 0.05) is 26.4 Å². The average Bonchev–Trinajstić information content (AvgIpc) is 3.01. The fraction of sp³-hybridized carbons (Fsp3) is 0.974. The third-order valence-corrected chi connectivity index (χ3v) is 8.24. The summed E-state index contributed by atoms with van der Waals surface area (Å²) in [5.41, 5.74) is 0. The Morgan fingerprint density at radius 3 is 1.36 bits per heavy atom. The molecule has 264 valence electrons. The third kappa shape index (κ3) is 35.6. The molecule has 0 saturated heterocycles. The number of amides is 1. The van der Waals surface area contributed by atoms with E-state index in [4.69, 9.17) is 18.9 Å². The predicted molar refractivity (Wildman–Crippen MR) is 188 cm³/mol. The molecule has 1 atom stereocenters. The molecule has 0 heterocycles. The van der Waals surface area contributed by atoms with Gasteiger partial charge in [0.05, 0.1) is 12.7 Å². The highest BCUT2D eigenvalue weighted by Gasteiger charge is 2.13. The van der Waals surface area contributed by atoms with E-state index in [0.717, 1.165) is 25.9 Å². The van der Waals surface area contributed by atoms with Gasteiger partial charge in [-0.2, -0.15) is 0 Å². The van der Waals surface area contributed by atoms with Crippen LogP contribution in [0.1, 0.15) is 188 Å². The molecule has 0 spiro atoms. The number of hydrogen-bond acceptors (Lipinski definition) is 5. The van der Waals surface area contributed by atoms with Crippen molar-refractivity contribution in [2.45, 2.75) is 200 Å². The first-order valence-corrected chi connectivity index (χ1v) is 19.3. The normalized spacial score (nSPS) is 12.2. The first-order chi connectivity index (χ1) is 21.6. The van der Waals surface area contributed by atoms with Crippen molar-refractivity contribution in [3.63, 3.8) is 0 Å². The average molecular weight is 628 g/mol. The third-order valence-electron chi connectivity index (χ3n) is 8.24. The SMILES string of the molecule is CCCCCCCCCCCCCCOCC(COC(=O)NCCCOC(C)C)OCCCCCCCCCCCCCC. The van der Waals surface area contributed by atoms with Crippen molar-refractivity contribution in [1.29, 1.82) is 0 Å². The largest absolute Gasteiger partial charge is 0.447 e. The molecule has 0 aliphatic heterocycles. The monoisotopic (exact) mass is 628 g/mol. The molecule has 6 nitrogen and oxygen atoms in total. The Morgan fingerprint density at radius 2 is 0.909 bits per heavy atom. The summed E-state index contributed by atoms with van der Waals surface area (Å²) < 4.78 is 23.1. The van der Waals surface area contributed by atoms with Crippen LogP contribution < -0.4 is 5.32 Å². The van der Waals surface area contributed by atoms with Crippen LogP contribution in [0.2, 0.25) is 0 Å². The van der Waals surface area contributed by atoms with Gasteiger partial charge in [0.15, 0.2) is 0 Å². The van der Waals surface area contributed by atoms with Gasteiger partial charge < -0.3 is 24.3 Å². The number of ether oxygens (including phenoxy) is 4. The van der Waals surface area contributed by atoms with E-state index < -0.39 is 6.09 Å². The fourth-order valence-electron chi connectivity index (χ4n) is 5.40.